The summed E-state index contributed by atoms with van der Waals surface area (Å²) >= 11 is 0.995. The van der Waals surface area contributed by atoms with Gasteiger partial charge in [0.05, 0.1) is 10.2 Å². The highest BCUT2D eigenvalue weighted by Crippen LogP contribution is 2.27. The van der Waals surface area contributed by atoms with E-state index in [4.69, 9.17) is 0 Å². The normalized spacial score (nSPS) is 13.3. The van der Waals surface area contributed by atoms with E-state index >= 15 is 0 Å². The number of aromatic amines is 1. The van der Waals surface area contributed by atoms with Gasteiger partial charge < -0.3 is 15.2 Å². The summed E-state index contributed by atoms with van der Waals surface area (Å²) in [6, 6.07) is 8.23. The highest BCUT2D eigenvalue weighted by molar-refractivity contribution is 7.91. The number of carbonyl (C=O) groups excluding carboxylic acids is 2. The number of hydrogen-bond donors (Lipinski definition) is 3. The molecular formula is C25H24F2N6O5S3. The first-order valence-electron chi connectivity index (χ1n) is 11.9. The molecule has 3 amide bonds. The second-order valence-electron chi connectivity index (χ2n) is 9.02. The van der Waals surface area contributed by atoms with Crippen LogP contribution in [0.5, 0.6) is 0 Å². The molecule has 4 aromatic rings. The number of nitrogens with one attached hydrogen (secondary N) is 3. The Morgan fingerprint density at radius 1 is 1.17 bits per heavy atom. The highest BCUT2D eigenvalue weighted by Gasteiger charge is 2.33. The van der Waals surface area contributed by atoms with Gasteiger partial charge >= 0.3 is 21.1 Å². The molecule has 11 nitrogen and oxygen atoms in total. The van der Waals surface area contributed by atoms with Crippen molar-refractivity contribution in [3.05, 3.63) is 87.2 Å². The van der Waals surface area contributed by atoms with Crippen molar-refractivity contribution in [2.75, 3.05) is 22.8 Å². The Hall–Kier alpha value is -4.02. The molecular weight excluding hydrogens is 599 g/mol. The van der Waals surface area contributed by atoms with Crippen LogP contribution in [0.4, 0.5) is 25.1 Å². The van der Waals surface area contributed by atoms with Crippen molar-refractivity contribution in [3.8, 4) is 0 Å². The zero-order valence-electron chi connectivity index (χ0n) is 21.4. The van der Waals surface area contributed by atoms with Gasteiger partial charge in [0.15, 0.2) is 0 Å². The molecule has 41 heavy (non-hydrogen) atoms. The number of likely N-dealkylation sites (N-methyl/N-ethyl adjacent to an activating group) is 1. The van der Waals surface area contributed by atoms with E-state index < -0.39 is 39.8 Å². The van der Waals surface area contributed by atoms with Crippen molar-refractivity contribution in [1.82, 2.24) is 20.0 Å². The topological polar surface area (TPSA) is 145 Å². The zero-order chi connectivity index (χ0) is 28.6. The van der Waals surface area contributed by atoms with Crippen molar-refractivity contribution < 1.29 is 26.8 Å². The fraction of sp³-hybridized carbons (Fsp3) is 0.200. The predicted octanol–water partition coefficient (Wildman–Crippen LogP) is 2.56. The molecule has 2 aromatic heterocycles. The van der Waals surface area contributed by atoms with Gasteiger partial charge in [0, 0.05) is 38.0 Å². The average molecular weight is 623 g/mol. The number of amides is 3. The Kier molecular flexibility index (Phi) is 8.65. The summed E-state index contributed by atoms with van der Waals surface area (Å²) in [5.74, 6) is -2.28. The average Bonchev–Trinajstić information content (AvgIpc) is 3.49. The Morgan fingerprint density at radius 2 is 1.90 bits per heavy atom. The minimum Gasteiger partial charge on any atom is -0.325 e. The molecule has 3 N–H and O–H groups in total. The van der Waals surface area contributed by atoms with Gasteiger partial charge in [-0.15, -0.1) is 0 Å². The lowest BCUT2D eigenvalue weighted by Gasteiger charge is -2.26. The number of carbonyl (C=O) groups is 2. The molecule has 0 bridgehead atoms. The molecule has 0 spiro atoms. The molecule has 3 heterocycles. The van der Waals surface area contributed by atoms with Crippen LogP contribution in [0.2, 0.25) is 0 Å². The van der Waals surface area contributed by atoms with Gasteiger partial charge in [-0.2, -0.15) is 21.9 Å². The fourth-order valence-electron chi connectivity index (χ4n) is 4.45. The molecule has 1 aliphatic heterocycles. The smallest absolute Gasteiger partial charge is 0.325 e. The van der Waals surface area contributed by atoms with Crippen molar-refractivity contribution in [1.29, 1.82) is 0 Å². The molecule has 0 fully saturated rings. The van der Waals surface area contributed by atoms with E-state index in [0.29, 0.717) is 34.0 Å². The van der Waals surface area contributed by atoms with Crippen molar-refractivity contribution in [2.24, 2.45) is 0 Å². The maximum atomic E-state index is 13.9. The number of anilines is 2. The highest BCUT2D eigenvalue weighted by atomic mass is 32.2. The minimum absolute atomic E-state index is 0. The molecule has 216 valence electrons. The Morgan fingerprint density at radius 3 is 2.63 bits per heavy atom. The van der Waals surface area contributed by atoms with Crippen LogP contribution in [0.25, 0.3) is 10.2 Å². The zero-order valence-corrected chi connectivity index (χ0v) is 24.0. The SMILES string of the molecule is CN(C(=O)[C@H](Cc1cc(F)cc(F)c1)NC(=O)NS(=O)(=O)N1CCc2cccnc21)c1ccc2sc(=O)[nH]c2c1.S. The molecule has 2 aromatic carbocycles. The molecule has 0 unspecified atom stereocenters. The van der Waals surface area contributed by atoms with Crippen LogP contribution < -0.4 is 24.1 Å². The van der Waals surface area contributed by atoms with Crippen LogP contribution >= 0.6 is 24.8 Å². The summed E-state index contributed by atoms with van der Waals surface area (Å²) in [7, 11) is -2.98. The Balaban J connectivity index is 0.00000387. The lowest BCUT2D eigenvalue weighted by Crippen LogP contribution is -2.54. The van der Waals surface area contributed by atoms with Gasteiger partial charge in [-0.3, -0.25) is 9.59 Å². The second-order valence-corrected chi connectivity index (χ2v) is 11.6. The molecule has 5 rings (SSSR count). The molecule has 1 aliphatic rings. The third-order valence-corrected chi connectivity index (χ3v) is 8.53. The number of halogens is 2. The summed E-state index contributed by atoms with van der Waals surface area (Å²) in [5.41, 5.74) is 1.60. The molecule has 0 saturated heterocycles. The van der Waals surface area contributed by atoms with E-state index in [1.807, 2.05) is 4.72 Å². The molecule has 0 aliphatic carbocycles. The Bertz CT molecular complexity index is 1780. The summed E-state index contributed by atoms with van der Waals surface area (Å²) in [4.78, 5) is 45.8. The van der Waals surface area contributed by atoms with Crippen LogP contribution in [0.15, 0.2) is 59.5 Å². The van der Waals surface area contributed by atoms with Gasteiger partial charge in [-0.05, 0) is 53.9 Å². The predicted molar refractivity (Wildman–Crippen MR) is 156 cm³/mol. The second kappa shape index (κ2) is 11.8. The maximum absolute atomic E-state index is 13.9. The van der Waals surface area contributed by atoms with E-state index in [1.54, 1.807) is 30.3 Å². The van der Waals surface area contributed by atoms with E-state index in [2.05, 4.69) is 15.3 Å². The van der Waals surface area contributed by atoms with E-state index in [-0.39, 0.29) is 42.7 Å². The fourth-order valence-corrected chi connectivity index (χ4v) is 6.29. The third-order valence-electron chi connectivity index (χ3n) is 6.29. The van der Waals surface area contributed by atoms with Crippen molar-refractivity contribution >= 4 is 68.7 Å². The number of thiazole rings is 1. The summed E-state index contributed by atoms with van der Waals surface area (Å²) in [6.45, 7) is 0.0653. The van der Waals surface area contributed by atoms with E-state index in [9.17, 15) is 31.6 Å². The summed E-state index contributed by atoms with van der Waals surface area (Å²) in [5, 5.41) is 2.33. The van der Waals surface area contributed by atoms with Crippen LogP contribution in [0.3, 0.4) is 0 Å². The first kappa shape index (κ1) is 30.0. The number of fused-ring (bicyclic) bond motifs is 2. The molecule has 0 radical (unpaired) electrons. The van der Waals surface area contributed by atoms with Gasteiger partial charge in [-0.25, -0.2) is 27.6 Å². The van der Waals surface area contributed by atoms with Gasteiger partial charge in [0.2, 0.25) is 5.91 Å². The van der Waals surface area contributed by atoms with Crippen molar-refractivity contribution in [2.45, 2.75) is 18.9 Å². The number of H-pyrrole nitrogens is 1. The summed E-state index contributed by atoms with van der Waals surface area (Å²) < 4.78 is 57.2. The third kappa shape index (κ3) is 6.49. The van der Waals surface area contributed by atoms with Gasteiger partial charge in [0.1, 0.15) is 23.5 Å². The van der Waals surface area contributed by atoms with Crippen LogP contribution in [-0.2, 0) is 27.8 Å². The lowest BCUT2D eigenvalue weighted by atomic mass is 10.0. The Labute approximate surface area is 243 Å². The molecule has 1 atom stereocenters. The van der Waals surface area contributed by atoms with Crippen LogP contribution in [0.1, 0.15) is 11.1 Å². The molecule has 16 heteroatoms. The maximum Gasteiger partial charge on any atom is 0.330 e. The number of nitrogens with zero attached hydrogens (tertiary/aromatic N) is 3. The van der Waals surface area contributed by atoms with Crippen LogP contribution in [-0.4, -0.2) is 50.0 Å². The standard InChI is InChI=1S/C25H22F2N6O5S2.H2S/c1-32(18-4-5-21-19(13-18)30-25(36)39-21)23(34)20(11-14-9-16(26)12-17(27)10-14)29-24(35)31-40(37,38)33-8-6-15-3-2-7-28-22(15)33;/h2-5,7,9-10,12-13,20H,6,8,11H2,1H3,(H,30,36)(H2,29,31,35);1H2/t20-;/m0./s1. The molecule has 0 saturated carbocycles. The number of rotatable bonds is 7. The summed E-state index contributed by atoms with van der Waals surface area (Å²) in [6.07, 6.45) is 1.48. The van der Waals surface area contributed by atoms with E-state index in [0.717, 1.165) is 27.8 Å². The number of benzene rings is 2. The lowest BCUT2D eigenvalue weighted by molar-refractivity contribution is -0.120. The van der Waals surface area contributed by atoms with E-state index in [1.165, 1.54) is 18.1 Å². The number of hydrogen-bond acceptors (Lipinski definition) is 7. The first-order valence-corrected chi connectivity index (χ1v) is 14.2. The van der Waals surface area contributed by atoms with Crippen LogP contribution in [0, 0.1) is 11.6 Å². The van der Waals surface area contributed by atoms with Gasteiger partial charge in [0.25, 0.3) is 0 Å². The largest absolute Gasteiger partial charge is 0.330 e. The van der Waals surface area contributed by atoms with Gasteiger partial charge in [-0.1, -0.05) is 17.4 Å². The quantitative estimate of drug-likeness (QED) is 0.289. The minimum atomic E-state index is -4.39. The number of pyridine rings is 1. The number of urea groups is 1. The van der Waals surface area contributed by atoms with Crippen molar-refractivity contribution in [3.63, 3.8) is 0 Å². The monoisotopic (exact) mass is 622 g/mol. The first-order chi connectivity index (χ1) is 19.0. The number of aromatic nitrogens is 2.